The highest BCUT2D eigenvalue weighted by Gasteiger charge is 2.33. The molecule has 2 aliphatic rings. The predicted octanol–water partition coefficient (Wildman–Crippen LogP) is 5.12. The van der Waals surface area contributed by atoms with Gasteiger partial charge in [0.25, 0.3) is 0 Å². The van der Waals surface area contributed by atoms with Gasteiger partial charge in [0, 0.05) is 62.5 Å². The highest BCUT2D eigenvalue weighted by molar-refractivity contribution is 6.35. The Kier molecular flexibility index (Phi) is 7.27. The van der Waals surface area contributed by atoms with Crippen LogP contribution < -0.4 is 10.1 Å². The van der Waals surface area contributed by atoms with Crippen molar-refractivity contribution in [1.29, 1.82) is 0 Å². The molecule has 2 aromatic carbocycles. The molecule has 0 aliphatic carbocycles. The highest BCUT2D eigenvalue weighted by Crippen LogP contribution is 2.32. The van der Waals surface area contributed by atoms with E-state index in [9.17, 15) is 9.59 Å². The molecule has 11 heteroatoms. The number of rotatable bonds is 8. The van der Waals surface area contributed by atoms with Gasteiger partial charge in [-0.15, -0.1) is 0 Å². The molecule has 40 heavy (non-hydrogen) atoms. The van der Waals surface area contributed by atoms with E-state index in [-0.39, 0.29) is 11.8 Å². The number of amides is 1. The van der Waals surface area contributed by atoms with Gasteiger partial charge in [-0.25, -0.2) is 14.8 Å². The van der Waals surface area contributed by atoms with Crippen molar-refractivity contribution >= 4 is 40.3 Å². The maximum Gasteiger partial charge on any atom is 0.407 e. The number of likely N-dealkylation sites (tertiary alicyclic amines) is 2. The molecular formula is C29H29ClN6O4. The molecule has 2 saturated heterocycles. The number of carbonyl (C=O) groups excluding carboxylic acids is 1. The molecular weight excluding hydrogens is 532 g/mol. The van der Waals surface area contributed by atoms with Crippen LogP contribution in [-0.4, -0.2) is 80.5 Å². The number of aromatic amines is 1. The molecule has 2 aliphatic heterocycles. The Morgan fingerprint density at radius 3 is 2.55 bits per heavy atom. The fraction of sp³-hybridized carbons (Fsp3) is 0.310. The van der Waals surface area contributed by atoms with Crippen LogP contribution in [0, 0.1) is 5.92 Å². The number of carboxylic acid groups (broad SMARTS) is 1. The second-order valence-corrected chi connectivity index (χ2v) is 10.7. The van der Waals surface area contributed by atoms with Crippen molar-refractivity contribution in [2.75, 3.05) is 38.0 Å². The van der Waals surface area contributed by atoms with Gasteiger partial charge in [0.15, 0.2) is 5.78 Å². The highest BCUT2D eigenvalue weighted by atomic mass is 35.5. The number of piperidine rings is 1. The lowest BCUT2D eigenvalue weighted by Gasteiger charge is -2.41. The molecule has 0 bridgehead atoms. The molecule has 4 aromatic rings. The molecule has 0 radical (unpaired) electrons. The number of aromatic nitrogens is 3. The largest absolute Gasteiger partial charge is 0.465 e. The SMILES string of the molecule is O=C(c1ccc(Oc2ccccc2)cc1Cl)c1c[nH]c2ncnc(NC3CCN(CC4CN(C(=O)O)C4)CC3)c12. The maximum atomic E-state index is 13.6. The van der Waals surface area contributed by atoms with Crippen LogP contribution in [0.25, 0.3) is 11.0 Å². The molecule has 0 atom stereocenters. The zero-order valence-electron chi connectivity index (χ0n) is 21.7. The van der Waals surface area contributed by atoms with Crippen LogP contribution in [0.3, 0.4) is 0 Å². The number of halogens is 1. The second kappa shape index (κ2) is 11.1. The van der Waals surface area contributed by atoms with Crippen molar-refractivity contribution in [3.8, 4) is 11.5 Å². The zero-order chi connectivity index (χ0) is 27.6. The summed E-state index contributed by atoms with van der Waals surface area (Å²) >= 11 is 6.55. The van der Waals surface area contributed by atoms with Crippen molar-refractivity contribution in [3.63, 3.8) is 0 Å². The third-order valence-corrected chi connectivity index (χ3v) is 7.86. The van der Waals surface area contributed by atoms with Gasteiger partial charge in [-0.05, 0) is 37.1 Å². The molecule has 1 amide bonds. The van der Waals surface area contributed by atoms with E-state index in [1.807, 2.05) is 30.3 Å². The minimum absolute atomic E-state index is 0.196. The van der Waals surface area contributed by atoms with Gasteiger partial charge in [-0.2, -0.15) is 0 Å². The summed E-state index contributed by atoms with van der Waals surface area (Å²) in [6, 6.07) is 14.6. The standard InChI is InChI=1S/C29H29ClN6O4/c30-24-12-21(40-20-4-2-1-3-5-20)6-7-22(24)26(37)23-13-31-27-25(23)28(33-17-32-27)34-19-8-10-35(11-9-19)14-18-15-36(16-18)29(38)39/h1-7,12-13,17-19H,8-11,14-16H2,(H,38,39)(H2,31,32,33,34). The Balaban J connectivity index is 1.13. The number of carbonyl (C=O) groups is 2. The molecule has 6 rings (SSSR count). The predicted molar refractivity (Wildman–Crippen MR) is 151 cm³/mol. The summed E-state index contributed by atoms with van der Waals surface area (Å²) in [5.74, 6) is 2.01. The Bertz CT molecular complexity index is 1530. The number of fused-ring (bicyclic) bond motifs is 1. The first-order valence-corrected chi connectivity index (χ1v) is 13.7. The average molecular weight is 561 g/mol. The van der Waals surface area contributed by atoms with Crippen LogP contribution in [0.1, 0.15) is 28.8 Å². The van der Waals surface area contributed by atoms with E-state index in [2.05, 4.69) is 25.2 Å². The Labute approximate surface area is 235 Å². The number of hydrogen-bond acceptors (Lipinski definition) is 7. The smallest absolute Gasteiger partial charge is 0.407 e. The summed E-state index contributed by atoms with van der Waals surface area (Å²) in [6.45, 7) is 3.98. The van der Waals surface area contributed by atoms with Crippen LogP contribution in [0.2, 0.25) is 5.02 Å². The van der Waals surface area contributed by atoms with E-state index in [0.717, 1.165) is 32.5 Å². The average Bonchev–Trinajstić information content (AvgIpc) is 3.37. The Morgan fingerprint density at radius 1 is 1.05 bits per heavy atom. The van der Waals surface area contributed by atoms with Gasteiger partial charge in [-0.1, -0.05) is 29.8 Å². The van der Waals surface area contributed by atoms with Crippen molar-refractivity contribution in [2.24, 2.45) is 5.92 Å². The minimum Gasteiger partial charge on any atom is -0.465 e. The summed E-state index contributed by atoms with van der Waals surface area (Å²) < 4.78 is 5.85. The summed E-state index contributed by atoms with van der Waals surface area (Å²) in [5.41, 5.74) is 1.39. The quantitative estimate of drug-likeness (QED) is 0.254. The van der Waals surface area contributed by atoms with E-state index < -0.39 is 6.09 Å². The first kappa shape index (κ1) is 26.1. The van der Waals surface area contributed by atoms with E-state index in [1.165, 1.54) is 11.2 Å². The lowest BCUT2D eigenvalue weighted by atomic mass is 9.97. The van der Waals surface area contributed by atoms with Gasteiger partial charge < -0.3 is 29.9 Å². The number of benzene rings is 2. The molecule has 0 saturated carbocycles. The van der Waals surface area contributed by atoms with Crippen LogP contribution >= 0.6 is 11.6 Å². The lowest BCUT2D eigenvalue weighted by molar-refractivity contribution is 0.0572. The van der Waals surface area contributed by atoms with Crippen LogP contribution in [0.5, 0.6) is 11.5 Å². The molecule has 4 heterocycles. The number of ketones is 1. The van der Waals surface area contributed by atoms with Crippen molar-refractivity contribution < 1.29 is 19.4 Å². The van der Waals surface area contributed by atoms with Gasteiger partial charge in [-0.3, -0.25) is 4.79 Å². The van der Waals surface area contributed by atoms with Crippen molar-refractivity contribution in [3.05, 3.63) is 77.2 Å². The van der Waals surface area contributed by atoms with Crippen LogP contribution in [0.15, 0.2) is 61.1 Å². The first-order valence-electron chi connectivity index (χ1n) is 13.3. The molecule has 2 aromatic heterocycles. The number of ether oxygens (including phenoxy) is 1. The molecule has 2 fully saturated rings. The lowest BCUT2D eigenvalue weighted by Crippen LogP contribution is -2.54. The van der Waals surface area contributed by atoms with Gasteiger partial charge in [0.2, 0.25) is 0 Å². The topological polar surface area (TPSA) is 124 Å². The van der Waals surface area contributed by atoms with E-state index in [0.29, 0.717) is 63.5 Å². The fourth-order valence-corrected chi connectivity index (χ4v) is 5.68. The molecule has 206 valence electrons. The summed E-state index contributed by atoms with van der Waals surface area (Å²) in [6.07, 6.45) is 4.14. The Morgan fingerprint density at radius 2 is 1.82 bits per heavy atom. The fourth-order valence-electron chi connectivity index (χ4n) is 5.42. The maximum absolute atomic E-state index is 13.6. The van der Waals surface area contributed by atoms with Crippen molar-refractivity contribution in [1.82, 2.24) is 24.8 Å². The summed E-state index contributed by atoms with van der Waals surface area (Å²) in [5, 5.41) is 13.5. The third kappa shape index (κ3) is 5.45. The number of H-pyrrole nitrogens is 1. The monoisotopic (exact) mass is 560 g/mol. The van der Waals surface area contributed by atoms with Gasteiger partial charge in [0.1, 0.15) is 29.3 Å². The van der Waals surface area contributed by atoms with E-state index >= 15 is 0 Å². The van der Waals surface area contributed by atoms with Crippen LogP contribution in [0.4, 0.5) is 10.6 Å². The zero-order valence-corrected chi connectivity index (χ0v) is 22.5. The molecule has 3 N–H and O–H groups in total. The summed E-state index contributed by atoms with van der Waals surface area (Å²) in [7, 11) is 0. The number of hydrogen-bond donors (Lipinski definition) is 3. The number of para-hydroxylation sites is 1. The number of nitrogens with one attached hydrogen (secondary N) is 2. The summed E-state index contributed by atoms with van der Waals surface area (Å²) in [4.78, 5) is 40.4. The van der Waals surface area contributed by atoms with Gasteiger partial charge in [0.05, 0.1) is 16.0 Å². The van der Waals surface area contributed by atoms with Gasteiger partial charge >= 0.3 is 6.09 Å². The molecule has 0 unspecified atom stereocenters. The number of nitrogens with zero attached hydrogens (tertiary/aromatic N) is 4. The normalized spacial score (nSPS) is 16.6. The second-order valence-electron chi connectivity index (χ2n) is 10.3. The van der Waals surface area contributed by atoms with Crippen molar-refractivity contribution in [2.45, 2.75) is 18.9 Å². The molecule has 0 spiro atoms. The van der Waals surface area contributed by atoms with Crippen LogP contribution in [-0.2, 0) is 0 Å². The first-order chi connectivity index (χ1) is 19.4. The number of anilines is 1. The minimum atomic E-state index is -0.839. The Hall–Kier alpha value is -4.15. The molecule has 10 nitrogen and oxygen atoms in total. The van der Waals surface area contributed by atoms with E-state index in [1.54, 1.807) is 24.4 Å². The van der Waals surface area contributed by atoms with E-state index in [4.69, 9.17) is 21.4 Å². The third-order valence-electron chi connectivity index (χ3n) is 7.55.